The highest BCUT2D eigenvalue weighted by molar-refractivity contribution is 5.94. The summed E-state index contributed by atoms with van der Waals surface area (Å²) in [6.45, 7) is 2.19. The van der Waals surface area contributed by atoms with Crippen molar-refractivity contribution in [3.63, 3.8) is 0 Å². The summed E-state index contributed by atoms with van der Waals surface area (Å²) in [7, 11) is 1.67. The summed E-state index contributed by atoms with van der Waals surface area (Å²) < 4.78 is 5.50. The Hall–Kier alpha value is -2.34. The highest BCUT2D eigenvalue weighted by Gasteiger charge is 2.33. The van der Waals surface area contributed by atoms with Gasteiger partial charge in [-0.3, -0.25) is 9.89 Å². The summed E-state index contributed by atoms with van der Waals surface area (Å²) >= 11 is 0. The van der Waals surface area contributed by atoms with E-state index in [9.17, 15) is 4.79 Å². The number of benzene rings is 1. The molecule has 6 heteroatoms. The first-order chi connectivity index (χ1) is 11.8. The van der Waals surface area contributed by atoms with E-state index >= 15 is 0 Å². The molecular formula is C18H22N4O2. The lowest BCUT2D eigenvalue weighted by Gasteiger charge is -2.36. The quantitative estimate of drug-likeness (QED) is 0.900. The number of aromatic amines is 1. The van der Waals surface area contributed by atoms with Crippen molar-refractivity contribution in [2.45, 2.75) is 25.3 Å². The number of carbonyl (C=O) groups excluding carboxylic acids is 1. The maximum atomic E-state index is 13.2. The molecule has 4 rings (SSSR count). The summed E-state index contributed by atoms with van der Waals surface area (Å²) in [5.41, 5.74) is 3.87. The first-order valence-corrected chi connectivity index (χ1v) is 8.50. The van der Waals surface area contributed by atoms with E-state index in [1.807, 2.05) is 29.2 Å². The monoisotopic (exact) mass is 326 g/mol. The first kappa shape index (κ1) is 15.2. The number of nitrogens with one attached hydrogen (secondary N) is 2. The molecule has 2 aromatic rings. The third-order valence-corrected chi connectivity index (χ3v) is 5.01. The highest BCUT2D eigenvalue weighted by atomic mass is 16.5. The number of fused-ring (bicyclic) bond motifs is 1. The Bertz CT molecular complexity index is 755. The van der Waals surface area contributed by atoms with Crippen LogP contribution in [0.3, 0.4) is 0 Å². The van der Waals surface area contributed by atoms with Crippen LogP contribution >= 0.6 is 0 Å². The zero-order valence-electron chi connectivity index (χ0n) is 13.8. The number of piperazine rings is 1. The molecule has 1 amide bonds. The minimum Gasteiger partial charge on any atom is -0.496 e. The van der Waals surface area contributed by atoms with Crippen LogP contribution in [0.2, 0.25) is 0 Å². The van der Waals surface area contributed by atoms with E-state index in [4.69, 9.17) is 4.74 Å². The van der Waals surface area contributed by atoms with Crippen LogP contribution in [0.4, 0.5) is 0 Å². The molecule has 1 aliphatic carbocycles. The highest BCUT2D eigenvalue weighted by Crippen LogP contribution is 2.32. The van der Waals surface area contributed by atoms with Gasteiger partial charge in [-0.2, -0.15) is 5.10 Å². The molecule has 6 nitrogen and oxygen atoms in total. The minimum absolute atomic E-state index is 0.0202. The Morgan fingerprint density at radius 2 is 2.21 bits per heavy atom. The van der Waals surface area contributed by atoms with Gasteiger partial charge >= 0.3 is 0 Å². The van der Waals surface area contributed by atoms with E-state index < -0.39 is 0 Å². The lowest BCUT2D eigenvalue weighted by atomic mass is 10.0. The van der Waals surface area contributed by atoms with Gasteiger partial charge in [-0.15, -0.1) is 0 Å². The van der Waals surface area contributed by atoms with Crippen LogP contribution in [0.1, 0.15) is 39.8 Å². The fourth-order valence-electron chi connectivity index (χ4n) is 3.80. The molecule has 1 aromatic heterocycles. The number of hydrogen-bond donors (Lipinski definition) is 2. The molecule has 126 valence electrons. The fourth-order valence-corrected chi connectivity index (χ4v) is 3.80. The number of methoxy groups -OCH3 is 1. The first-order valence-electron chi connectivity index (χ1n) is 8.50. The second kappa shape index (κ2) is 6.28. The van der Waals surface area contributed by atoms with Crippen molar-refractivity contribution in [3.8, 4) is 5.75 Å². The average Bonchev–Trinajstić information content (AvgIpc) is 3.24. The Kier molecular flexibility index (Phi) is 3.98. The van der Waals surface area contributed by atoms with E-state index in [0.29, 0.717) is 12.2 Å². The number of para-hydroxylation sites is 1. The standard InChI is InChI=1S/C18H22N4O2/c1-24-16-8-3-2-5-13(16)15-11-19-9-10-22(15)18(23)17-12-6-4-7-14(12)20-21-17/h2-3,5,8,15,19H,4,6-7,9-11H2,1H3,(H,20,21). The molecule has 2 N–H and O–H groups in total. The number of aromatic nitrogens is 2. The Balaban J connectivity index is 1.68. The summed E-state index contributed by atoms with van der Waals surface area (Å²) in [4.78, 5) is 15.1. The van der Waals surface area contributed by atoms with Gasteiger partial charge in [-0.1, -0.05) is 18.2 Å². The van der Waals surface area contributed by atoms with Gasteiger partial charge in [-0.05, 0) is 25.3 Å². The van der Waals surface area contributed by atoms with Crippen LogP contribution in [0.15, 0.2) is 24.3 Å². The Morgan fingerprint density at radius 1 is 1.33 bits per heavy atom. The molecular weight excluding hydrogens is 304 g/mol. The zero-order chi connectivity index (χ0) is 16.5. The number of hydrogen-bond acceptors (Lipinski definition) is 4. The SMILES string of the molecule is COc1ccccc1C1CNCCN1C(=O)c1n[nH]c2c1CCC2. The van der Waals surface area contributed by atoms with Gasteiger partial charge in [0.15, 0.2) is 5.69 Å². The number of aryl methyl sites for hydroxylation is 1. The Morgan fingerprint density at radius 3 is 3.08 bits per heavy atom. The van der Waals surface area contributed by atoms with Gasteiger partial charge < -0.3 is 15.0 Å². The fraction of sp³-hybridized carbons (Fsp3) is 0.444. The number of rotatable bonds is 3. The third kappa shape index (κ3) is 2.47. The normalized spacial score (nSPS) is 20.0. The number of carbonyl (C=O) groups is 1. The van der Waals surface area contributed by atoms with Crippen molar-refractivity contribution in [2.75, 3.05) is 26.7 Å². The lowest BCUT2D eigenvalue weighted by Crippen LogP contribution is -2.49. The molecule has 1 unspecified atom stereocenters. The summed E-state index contributed by atoms with van der Waals surface area (Å²) in [6, 6.07) is 7.87. The second-order valence-corrected chi connectivity index (χ2v) is 6.34. The molecule has 1 saturated heterocycles. The molecule has 2 aliphatic rings. The van der Waals surface area contributed by atoms with E-state index in [1.54, 1.807) is 7.11 Å². The minimum atomic E-state index is -0.0452. The molecule has 0 bridgehead atoms. The molecule has 0 saturated carbocycles. The second-order valence-electron chi connectivity index (χ2n) is 6.34. The van der Waals surface area contributed by atoms with E-state index in [-0.39, 0.29) is 11.9 Å². The predicted molar refractivity (Wildman–Crippen MR) is 90.3 cm³/mol. The van der Waals surface area contributed by atoms with E-state index in [2.05, 4.69) is 15.5 Å². The van der Waals surface area contributed by atoms with Gasteiger partial charge in [0.2, 0.25) is 0 Å². The molecule has 1 atom stereocenters. The van der Waals surface area contributed by atoms with Gasteiger partial charge in [0.1, 0.15) is 5.75 Å². The average molecular weight is 326 g/mol. The van der Waals surface area contributed by atoms with Crippen molar-refractivity contribution in [1.82, 2.24) is 20.4 Å². The molecule has 24 heavy (non-hydrogen) atoms. The van der Waals surface area contributed by atoms with Crippen molar-refractivity contribution in [3.05, 3.63) is 46.8 Å². The maximum Gasteiger partial charge on any atom is 0.275 e. The maximum absolute atomic E-state index is 13.2. The molecule has 0 radical (unpaired) electrons. The lowest BCUT2D eigenvalue weighted by molar-refractivity contribution is 0.0624. The van der Waals surface area contributed by atoms with Gasteiger partial charge in [0.25, 0.3) is 5.91 Å². The number of nitrogens with zero attached hydrogens (tertiary/aromatic N) is 2. The van der Waals surface area contributed by atoms with Crippen molar-refractivity contribution in [2.24, 2.45) is 0 Å². The molecule has 2 heterocycles. The van der Waals surface area contributed by atoms with Crippen molar-refractivity contribution in [1.29, 1.82) is 0 Å². The smallest absolute Gasteiger partial charge is 0.275 e. The number of amides is 1. The van der Waals surface area contributed by atoms with Crippen LogP contribution in [0.5, 0.6) is 5.75 Å². The van der Waals surface area contributed by atoms with E-state index in [1.165, 1.54) is 0 Å². The Labute approximate surface area is 141 Å². The van der Waals surface area contributed by atoms with Crippen molar-refractivity contribution >= 4 is 5.91 Å². The summed E-state index contributed by atoms with van der Waals surface area (Å²) in [5, 5.41) is 10.8. The molecule has 1 aromatic carbocycles. The topological polar surface area (TPSA) is 70.2 Å². The predicted octanol–water partition coefficient (Wildman–Crippen LogP) is 1.69. The van der Waals surface area contributed by atoms with Crippen LogP contribution in [0, 0.1) is 0 Å². The third-order valence-electron chi connectivity index (χ3n) is 5.01. The summed E-state index contributed by atoms with van der Waals surface area (Å²) in [6.07, 6.45) is 3.03. The summed E-state index contributed by atoms with van der Waals surface area (Å²) in [5.74, 6) is 0.836. The van der Waals surface area contributed by atoms with Gasteiger partial charge in [0, 0.05) is 36.5 Å². The van der Waals surface area contributed by atoms with Gasteiger partial charge in [-0.25, -0.2) is 0 Å². The van der Waals surface area contributed by atoms with Crippen LogP contribution in [-0.2, 0) is 12.8 Å². The largest absolute Gasteiger partial charge is 0.496 e. The van der Waals surface area contributed by atoms with Crippen LogP contribution in [0.25, 0.3) is 0 Å². The van der Waals surface area contributed by atoms with E-state index in [0.717, 1.165) is 54.9 Å². The van der Waals surface area contributed by atoms with Crippen LogP contribution in [-0.4, -0.2) is 47.7 Å². The van der Waals surface area contributed by atoms with Crippen molar-refractivity contribution < 1.29 is 9.53 Å². The molecule has 0 spiro atoms. The van der Waals surface area contributed by atoms with Crippen LogP contribution < -0.4 is 10.1 Å². The number of ether oxygens (including phenoxy) is 1. The van der Waals surface area contributed by atoms with Gasteiger partial charge in [0.05, 0.1) is 13.2 Å². The zero-order valence-corrected chi connectivity index (χ0v) is 13.8. The number of H-pyrrole nitrogens is 1. The molecule has 1 aliphatic heterocycles. The molecule has 1 fully saturated rings.